The second-order valence-corrected chi connectivity index (χ2v) is 4.22. The normalized spacial score (nSPS) is 31.4. The first kappa shape index (κ1) is 5.95. The molecule has 0 saturated heterocycles. The lowest BCUT2D eigenvalue weighted by Gasteiger charge is -2.01. The average molecular weight is 163 g/mol. The monoisotopic (exact) mass is 163 g/mol. The van der Waals surface area contributed by atoms with Crippen LogP contribution in [0.4, 0.5) is 0 Å². The van der Waals surface area contributed by atoms with Gasteiger partial charge in [0, 0.05) is 16.4 Å². The third-order valence-corrected chi connectivity index (χ3v) is 3.71. The predicted molar refractivity (Wildman–Crippen MR) is 46.7 cm³/mol. The molecule has 1 nitrogen and oxygen atoms in total. The van der Waals surface area contributed by atoms with Crippen molar-refractivity contribution < 1.29 is 0 Å². The zero-order chi connectivity index (χ0) is 7.42. The van der Waals surface area contributed by atoms with Crippen LogP contribution < -0.4 is 0 Å². The van der Waals surface area contributed by atoms with Gasteiger partial charge in [-0.3, -0.25) is 0 Å². The van der Waals surface area contributed by atoms with Gasteiger partial charge in [-0.15, -0.1) is 0 Å². The van der Waals surface area contributed by atoms with Crippen molar-refractivity contribution in [1.82, 2.24) is 4.37 Å². The summed E-state index contributed by atoms with van der Waals surface area (Å²) in [5.74, 6) is 1.71. The first-order chi connectivity index (χ1) is 5.36. The van der Waals surface area contributed by atoms with Gasteiger partial charge in [0.25, 0.3) is 0 Å². The van der Waals surface area contributed by atoms with Gasteiger partial charge >= 0.3 is 0 Å². The van der Waals surface area contributed by atoms with Crippen LogP contribution in [0.5, 0.6) is 0 Å². The smallest absolute Gasteiger partial charge is 0.0586 e. The minimum absolute atomic E-state index is 0.848. The minimum Gasteiger partial charge on any atom is -0.197 e. The Morgan fingerprint density at radius 2 is 2.55 bits per heavy atom. The van der Waals surface area contributed by atoms with E-state index in [2.05, 4.69) is 23.4 Å². The fraction of sp³-hybridized carbons (Fsp3) is 0.444. The molecular weight excluding hydrogens is 154 g/mol. The molecular formula is C9H9NS. The fourth-order valence-corrected chi connectivity index (χ4v) is 2.87. The Hall–Kier alpha value is -0.630. The molecule has 0 aromatic carbocycles. The average Bonchev–Trinajstić information content (AvgIpc) is 2.71. The molecule has 2 unspecified atom stereocenters. The molecule has 0 spiro atoms. The number of allylic oxidation sites excluding steroid dienone is 1. The summed E-state index contributed by atoms with van der Waals surface area (Å²) in [7, 11) is 0. The SMILES string of the molecule is Cc1nsc2c1C=CC1CC21. The van der Waals surface area contributed by atoms with Crippen LogP contribution in [0.3, 0.4) is 0 Å². The first-order valence-corrected chi connectivity index (χ1v) is 4.78. The van der Waals surface area contributed by atoms with E-state index < -0.39 is 0 Å². The number of aromatic nitrogens is 1. The number of nitrogens with zero attached hydrogens (tertiary/aromatic N) is 1. The Morgan fingerprint density at radius 1 is 1.64 bits per heavy atom. The lowest BCUT2D eigenvalue weighted by atomic mass is 10.1. The van der Waals surface area contributed by atoms with Crippen LogP contribution in [0.2, 0.25) is 0 Å². The van der Waals surface area contributed by atoms with Crippen LogP contribution in [0.25, 0.3) is 6.08 Å². The molecule has 1 heterocycles. The highest BCUT2D eigenvalue weighted by molar-refractivity contribution is 7.06. The van der Waals surface area contributed by atoms with Gasteiger partial charge in [-0.2, -0.15) is 4.37 Å². The van der Waals surface area contributed by atoms with Crippen LogP contribution in [-0.4, -0.2) is 4.37 Å². The number of fused-ring (bicyclic) bond motifs is 3. The zero-order valence-electron chi connectivity index (χ0n) is 6.37. The molecule has 2 aliphatic carbocycles. The van der Waals surface area contributed by atoms with E-state index in [1.165, 1.54) is 22.6 Å². The van der Waals surface area contributed by atoms with Gasteiger partial charge < -0.3 is 0 Å². The van der Waals surface area contributed by atoms with Gasteiger partial charge in [0.1, 0.15) is 0 Å². The van der Waals surface area contributed by atoms with Gasteiger partial charge in [0.15, 0.2) is 0 Å². The summed E-state index contributed by atoms with van der Waals surface area (Å²) in [6.45, 7) is 2.10. The number of hydrogen-bond donors (Lipinski definition) is 0. The summed E-state index contributed by atoms with van der Waals surface area (Å²) >= 11 is 1.70. The van der Waals surface area contributed by atoms with Gasteiger partial charge in [0.05, 0.1) is 5.69 Å². The van der Waals surface area contributed by atoms with Gasteiger partial charge in [-0.1, -0.05) is 12.2 Å². The predicted octanol–water partition coefficient (Wildman–Crippen LogP) is 2.58. The first-order valence-electron chi connectivity index (χ1n) is 4.00. The summed E-state index contributed by atoms with van der Waals surface area (Å²) in [6.07, 6.45) is 5.96. The molecule has 2 aliphatic rings. The fourth-order valence-electron chi connectivity index (χ4n) is 1.81. The highest BCUT2D eigenvalue weighted by Gasteiger charge is 2.41. The Morgan fingerprint density at radius 3 is 3.45 bits per heavy atom. The van der Waals surface area contributed by atoms with Crippen molar-refractivity contribution in [2.45, 2.75) is 19.3 Å². The molecule has 1 fully saturated rings. The molecule has 3 rings (SSSR count). The third kappa shape index (κ3) is 0.679. The molecule has 1 saturated carbocycles. The van der Waals surface area contributed by atoms with Crippen molar-refractivity contribution >= 4 is 17.6 Å². The maximum absolute atomic E-state index is 4.37. The molecule has 56 valence electrons. The van der Waals surface area contributed by atoms with E-state index in [4.69, 9.17) is 0 Å². The Balaban J connectivity index is 2.26. The lowest BCUT2D eigenvalue weighted by Crippen LogP contribution is -1.87. The topological polar surface area (TPSA) is 12.9 Å². The summed E-state index contributed by atoms with van der Waals surface area (Å²) < 4.78 is 4.37. The van der Waals surface area contributed by atoms with Crippen molar-refractivity contribution in [3.8, 4) is 0 Å². The van der Waals surface area contributed by atoms with E-state index in [1.54, 1.807) is 11.5 Å². The van der Waals surface area contributed by atoms with Crippen LogP contribution in [0.1, 0.15) is 28.5 Å². The van der Waals surface area contributed by atoms with Crippen molar-refractivity contribution in [2.75, 3.05) is 0 Å². The summed E-state index contributed by atoms with van der Waals surface area (Å²) in [5.41, 5.74) is 2.63. The lowest BCUT2D eigenvalue weighted by molar-refractivity contribution is 1.02. The Labute approximate surface area is 69.9 Å². The highest BCUT2D eigenvalue weighted by Crippen LogP contribution is 2.54. The maximum atomic E-state index is 4.37. The van der Waals surface area contributed by atoms with Gasteiger partial charge in [-0.05, 0) is 30.8 Å². The van der Waals surface area contributed by atoms with Crippen LogP contribution in [0.15, 0.2) is 6.08 Å². The van der Waals surface area contributed by atoms with Crippen molar-refractivity contribution in [3.63, 3.8) is 0 Å². The van der Waals surface area contributed by atoms with Crippen LogP contribution in [-0.2, 0) is 0 Å². The standard InChI is InChI=1S/C9H9NS/c1-5-7-3-2-6-4-8(6)9(7)11-10-5/h2-3,6,8H,4H2,1H3. The van der Waals surface area contributed by atoms with Gasteiger partial charge in [0.2, 0.25) is 0 Å². The second-order valence-electron chi connectivity index (χ2n) is 3.41. The van der Waals surface area contributed by atoms with Crippen LogP contribution in [0, 0.1) is 12.8 Å². The van der Waals surface area contributed by atoms with E-state index in [0.29, 0.717) is 0 Å². The molecule has 0 N–H and O–H groups in total. The molecule has 11 heavy (non-hydrogen) atoms. The summed E-state index contributed by atoms with van der Waals surface area (Å²) in [4.78, 5) is 1.54. The molecule has 0 bridgehead atoms. The quantitative estimate of drug-likeness (QED) is 0.573. The van der Waals surface area contributed by atoms with Crippen molar-refractivity contribution in [1.29, 1.82) is 0 Å². The number of hydrogen-bond acceptors (Lipinski definition) is 2. The summed E-state index contributed by atoms with van der Waals surface area (Å²) in [6, 6.07) is 0. The van der Waals surface area contributed by atoms with Crippen LogP contribution >= 0.6 is 11.5 Å². The van der Waals surface area contributed by atoms with E-state index in [1.807, 2.05) is 0 Å². The molecule has 1 aromatic rings. The van der Waals surface area contributed by atoms with E-state index in [-0.39, 0.29) is 0 Å². The van der Waals surface area contributed by atoms with E-state index in [9.17, 15) is 0 Å². The molecule has 1 aromatic heterocycles. The Kier molecular flexibility index (Phi) is 0.946. The molecule has 0 radical (unpaired) electrons. The van der Waals surface area contributed by atoms with E-state index >= 15 is 0 Å². The maximum Gasteiger partial charge on any atom is 0.0586 e. The minimum atomic E-state index is 0.848. The van der Waals surface area contributed by atoms with E-state index in [0.717, 1.165) is 11.8 Å². The zero-order valence-corrected chi connectivity index (χ0v) is 7.19. The third-order valence-electron chi connectivity index (χ3n) is 2.62. The molecule has 2 atom stereocenters. The number of aryl methyl sites for hydroxylation is 1. The Bertz CT molecular complexity index is 337. The highest BCUT2D eigenvalue weighted by atomic mass is 32.1. The largest absolute Gasteiger partial charge is 0.197 e. The van der Waals surface area contributed by atoms with Crippen molar-refractivity contribution in [3.05, 3.63) is 22.2 Å². The molecule has 2 heteroatoms. The number of rotatable bonds is 0. The molecule has 0 amide bonds. The molecule has 0 aliphatic heterocycles. The van der Waals surface area contributed by atoms with Gasteiger partial charge in [-0.25, -0.2) is 0 Å². The van der Waals surface area contributed by atoms with Crippen molar-refractivity contribution in [2.24, 2.45) is 5.92 Å². The second kappa shape index (κ2) is 1.75. The summed E-state index contributed by atoms with van der Waals surface area (Å²) in [5, 5.41) is 0.